The predicted octanol–water partition coefficient (Wildman–Crippen LogP) is 3.52. The third-order valence-electron chi connectivity index (χ3n) is 3.57. The Morgan fingerprint density at radius 3 is 2.48 bits per heavy atom. The maximum absolute atomic E-state index is 10.5. The Morgan fingerprint density at radius 2 is 1.86 bits per heavy atom. The molecule has 0 aliphatic rings. The number of hydrogen-bond donors (Lipinski definition) is 3. The Kier molecular flexibility index (Phi) is 4.88. The van der Waals surface area contributed by atoms with E-state index in [1.165, 1.54) is 0 Å². The molecule has 0 fully saturated rings. The van der Waals surface area contributed by atoms with Crippen molar-refractivity contribution in [3.05, 3.63) is 64.7 Å². The molecule has 3 nitrogen and oxygen atoms in total. The Hall–Kier alpha value is -1.55. The number of halogens is 1. The third-order valence-corrected chi connectivity index (χ3v) is 3.82. The monoisotopic (exact) mass is 304 g/mol. The molecule has 0 heterocycles. The zero-order valence-electron chi connectivity index (χ0n) is 12.3. The molecule has 0 saturated heterocycles. The summed E-state index contributed by atoms with van der Waals surface area (Å²) in [6.45, 7) is 4.58. The van der Waals surface area contributed by atoms with Crippen molar-refractivity contribution in [2.24, 2.45) is 0 Å². The summed E-state index contributed by atoms with van der Waals surface area (Å²) >= 11 is 5.88. The fourth-order valence-electron chi connectivity index (χ4n) is 2.19. The Morgan fingerprint density at radius 1 is 1.19 bits per heavy atom. The van der Waals surface area contributed by atoms with E-state index < -0.39 is 11.6 Å². The highest BCUT2D eigenvalue weighted by Crippen LogP contribution is 2.27. The Bertz CT molecular complexity index is 596. The summed E-state index contributed by atoms with van der Waals surface area (Å²) in [7, 11) is 0. The minimum Gasteiger partial charge on any atom is -0.399 e. The molecule has 0 radical (unpaired) electrons. The summed E-state index contributed by atoms with van der Waals surface area (Å²) in [5, 5.41) is 14.6. The van der Waals surface area contributed by atoms with Gasteiger partial charge < -0.3 is 16.2 Å². The van der Waals surface area contributed by atoms with Crippen LogP contribution in [-0.2, 0) is 6.54 Å². The molecule has 4 heteroatoms. The number of anilines is 1. The smallest absolute Gasteiger partial charge is 0.0966 e. The van der Waals surface area contributed by atoms with Crippen LogP contribution in [0.25, 0.3) is 0 Å². The van der Waals surface area contributed by atoms with Crippen LogP contribution in [0.2, 0.25) is 5.02 Å². The van der Waals surface area contributed by atoms with Gasteiger partial charge in [-0.25, -0.2) is 0 Å². The molecule has 0 aromatic heterocycles. The van der Waals surface area contributed by atoms with Gasteiger partial charge in [0, 0.05) is 22.8 Å². The maximum atomic E-state index is 10.5. The zero-order chi connectivity index (χ0) is 15.5. The molecule has 2 rings (SSSR count). The van der Waals surface area contributed by atoms with Gasteiger partial charge >= 0.3 is 0 Å². The van der Waals surface area contributed by atoms with Crippen LogP contribution in [-0.4, -0.2) is 10.6 Å². The highest BCUT2D eigenvalue weighted by molar-refractivity contribution is 6.30. The Balaban J connectivity index is 2.05. The molecule has 2 aromatic carbocycles. The first kappa shape index (κ1) is 15.8. The number of hydrogen-bond acceptors (Lipinski definition) is 3. The van der Waals surface area contributed by atoms with Gasteiger partial charge in [-0.2, -0.15) is 0 Å². The first-order valence-corrected chi connectivity index (χ1v) is 7.29. The van der Waals surface area contributed by atoms with E-state index >= 15 is 0 Å². The van der Waals surface area contributed by atoms with E-state index in [1.807, 2.05) is 50.2 Å². The van der Waals surface area contributed by atoms with Gasteiger partial charge in [-0.15, -0.1) is 0 Å². The van der Waals surface area contributed by atoms with E-state index in [4.69, 9.17) is 17.3 Å². The molecular formula is C17H21ClN2O. The van der Waals surface area contributed by atoms with Gasteiger partial charge in [-0.1, -0.05) is 35.9 Å². The molecule has 1 unspecified atom stereocenters. The number of nitrogen functional groups attached to an aromatic ring is 1. The third kappa shape index (κ3) is 4.21. The lowest BCUT2D eigenvalue weighted by Gasteiger charge is -2.32. The second-order valence-corrected chi connectivity index (χ2v) is 6.21. The number of benzene rings is 2. The average Bonchev–Trinajstić information content (AvgIpc) is 2.45. The summed E-state index contributed by atoms with van der Waals surface area (Å²) in [6.07, 6.45) is -0.629. The van der Waals surface area contributed by atoms with E-state index in [2.05, 4.69) is 5.32 Å². The van der Waals surface area contributed by atoms with Gasteiger partial charge in [0.25, 0.3) is 0 Å². The molecule has 0 saturated carbocycles. The van der Waals surface area contributed by atoms with Crippen molar-refractivity contribution < 1.29 is 5.11 Å². The van der Waals surface area contributed by atoms with E-state index in [0.29, 0.717) is 11.6 Å². The van der Waals surface area contributed by atoms with Crippen molar-refractivity contribution in [3.8, 4) is 0 Å². The van der Waals surface area contributed by atoms with Crippen molar-refractivity contribution in [1.29, 1.82) is 0 Å². The van der Waals surface area contributed by atoms with E-state index in [1.54, 1.807) is 12.1 Å². The van der Waals surface area contributed by atoms with Crippen LogP contribution in [0.4, 0.5) is 5.69 Å². The predicted molar refractivity (Wildman–Crippen MR) is 88.2 cm³/mol. The molecule has 4 N–H and O–H groups in total. The minimum absolute atomic E-state index is 0.474. The van der Waals surface area contributed by atoms with E-state index in [-0.39, 0.29) is 0 Å². The van der Waals surface area contributed by atoms with Gasteiger partial charge in [0.2, 0.25) is 0 Å². The first-order chi connectivity index (χ1) is 9.88. The number of rotatable bonds is 5. The molecule has 21 heavy (non-hydrogen) atoms. The SMILES string of the molecule is CC(C)(NCc1cccc(N)c1)C(O)c1ccc(Cl)cc1. The molecule has 0 aliphatic carbocycles. The normalized spacial score (nSPS) is 13.1. The Labute approximate surface area is 130 Å². The molecule has 0 amide bonds. The standard InChI is InChI=1S/C17H21ClN2O/c1-17(2,16(21)13-6-8-14(18)9-7-13)20-11-12-4-3-5-15(19)10-12/h3-10,16,20-21H,11,19H2,1-2H3. The van der Waals surface area contributed by atoms with Crippen LogP contribution in [0, 0.1) is 0 Å². The molecular weight excluding hydrogens is 284 g/mol. The lowest BCUT2D eigenvalue weighted by molar-refractivity contribution is 0.0792. The number of nitrogens with one attached hydrogen (secondary N) is 1. The van der Waals surface area contributed by atoms with Gasteiger partial charge in [0.1, 0.15) is 0 Å². The number of nitrogens with two attached hydrogens (primary N) is 1. The van der Waals surface area contributed by atoms with Crippen molar-refractivity contribution >= 4 is 17.3 Å². The zero-order valence-corrected chi connectivity index (χ0v) is 13.1. The van der Waals surface area contributed by atoms with Gasteiger partial charge in [-0.05, 0) is 49.2 Å². The summed E-state index contributed by atoms with van der Waals surface area (Å²) in [6, 6.07) is 15.0. The highest BCUT2D eigenvalue weighted by atomic mass is 35.5. The molecule has 0 aliphatic heterocycles. The van der Waals surface area contributed by atoms with E-state index in [0.717, 1.165) is 16.8 Å². The van der Waals surface area contributed by atoms with Crippen LogP contribution in [0.5, 0.6) is 0 Å². The summed E-state index contributed by atoms with van der Waals surface area (Å²) in [5.74, 6) is 0. The second kappa shape index (κ2) is 6.48. The number of aliphatic hydroxyl groups is 1. The fourth-order valence-corrected chi connectivity index (χ4v) is 2.32. The molecule has 2 aromatic rings. The molecule has 112 valence electrons. The molecule has 0 bridgehead atoms. The second-order valence-electron chi connectivity index (χ2n) is 5.77. The number of aliphatic hydroxyl groups excluding tert-OH is 1. The van der Waals surface area contributed by atoms with Crippen molar-refractivity contribution in [2.75, 3.05) is 5.73 Å². The van der Waals surface area contributed by atoms with Crippen LogP contribution in [0.15, 0.2) is 48.5 Å². The van der Waals surface area contributed by atoms with Crippen molar-refractivity contribution in [2.45, 2.75) is 32.0 Å². The fraction of sp³-hybridized carbons (Fsp3) is 0.294. The minimum atomic E-state index is -0.629. The lowest BCUT2D eigenvalue weighted by atomic mass is 9.91. The van der Waals surface area contributed by atoms with E-state index in [9.17, 15) is 5.11 Å². The first-order valence-electron chi connectivity index (χ1n) is 6.91. The van der Waals surface area contributed by atoms with Gasteiger partial charge in [0.15, 0.2) is 0 Å². The average molecular weight is 305 g/mol. The van der Waals surface area contributed by atoms with Crippen LogP contribution in [0.1, 0.15) is 31.1 Å². The van der Waals surface area contributed by atoms with Gasteiger partial charge in [-0.3, -0.25) is 0 Å². The molecule has 1 atom stereocenters. The summed E-state index contributed by atoms with van der Waals surface area (Å²) < 4.78 is 0. The van der Waals surface area contributed by atoms with Crippen LogP contribution >= 0.6 is 11.6 Å². The largest absolute Gasteiger partial charge is 0.399 e. The van der Waals surface area contributed by atoms with Crippen molar-refractivity contribution in [1.82, 2.24) is 5.32 Å². The van der Waals surface area contributed by atoms with Crippen LogP contribution < -0.4 is 11.1 Å². The lowest BCUT2D eigenvalue weighted by Crippen LogP contribution is -2.44. The topological polar surface area (TPSA) is 58.3 Å². The summed E-state index contributed by atoms with van der Waals surface area (Å²) in [4.78, 5) is 0. The molecule has 0 spiro atoms. The summed E-state index contributed by atoms with van der Waals surface area (Å²) in [5.41, 5.74) is 7.97. The van der Waals surface area contributed by atoms with Crippen molar-refractivity contribution in [3.63, 3.8) is 0 Å². The maximum Gasteiger partial charge on any atom is 0.0966 e. The quantitative estimate of drug-likeness (QED) is 0.741. The highest BCUT2D eigenvalue weighted by Gasteiger charge is 2.28. The van der Waals surface area contributed by atoms with Gasteiger partial charge in [0.05, 0.1) is 6.10 Å². The van der Waals surface area contributed by atoms with Crippen LogP contribution in [0.3, 0.4) is 0 Å².